The van der Waals surface area contributed by atoms with E-state index in [1.165, 1.54) is 6.20 Å². The predicted molar refractivity (Wildman–Crippen MR) is 34.6 cm³/mol. The van der Waals surface area contributed by atoms with Gasteiger partial charge in [-0.15, -0.1) is 0 Å². The first kappa shape index (κ1) is 6.36. The van der Waals surface area contributed by atoms with Gasteiger partial charge < -0.3 is 4.74 Å². The lowest BCUT2D eigenvalue weighted by molar-refractivity contribution is 0.412. The lowest BCUT2D eigenvalue weighted by Gasteiger charge is -1.95. The van der Waals surface area contributed by atoms with Crippen LogP contribution in [0.5, 0.6) is 5.75 Å². The van der Waals surface area contributed by atoms with Gasteiger partial charge in [0.05, 0.1) is 24.4 Å². The third-order valence-corrected chi connectivity index (χ3v) is 1.03. The molecule has 0 bridgehead atoms. The first-order valence-corrected chi connectivity index (χ1v) is 2.77. The highest BCUT2D eigenvalue weighted by atomic mass is 35.5. The molecular formula is C6H5ClNO. The van der Waals surface area contributed by atoms with E-state index < -0.39 is 0 Å². The molecule has 0 saturated heterocycles. The zero-order valence-corrected chi connectivity index (χ0v) is 5.64. The number of pyridine rings is 1. The molecule has 1 aromatic rings. The van der Waals surface area contributed by atoms with Crippen LogP contribution in [0.15, 0.2) is 12.4 Å². The van der Waals surface area contributed by atoms with Crippen molar-refractivity contribution in [1.82, 2.24) is 4.98 Å². The summed E-state index contributed by atoms with van der Waals surface area (Å²) in [7, 11) is 1.55. The van der Waals surface area contributed by atoms with Crippen LogP contribution in [-0.4, -0.2) is 12.1 Å². The van der Waals surface area contributed by atoms with E-state index in [0.29, 0.717) is 10.8 Å². The molecule has 1 rings (SSSR count). The lowest BCUT2D eigenvalue weighted by Crippen LogP contribution is -1.82. The zero-order chi connectivity index (χ0) is 6.69. The Morgan fingerprint density at radius 3 is 2.89 bits per heavy atom. The fourth-order valence-electron chi connectivity index (χ4n) is 0.456. The fourth-order valence-corrected chi connectivity index (χ4v) is 0.606. The molecule has 0 saturated carbocycles. The van der Waals surface area contributed by atoms with E-state index in [9.17, 15) is 0 Å². The Labute approximate surface area is 58.4 Å². The van der Waals surface area contributed by atoms with E-state index in [-0.39, 0.29) is 0 Å². The van der Waals surface area contributed by atoms with Crippen LogP contribution in [0.1, 0.15) is 0 Å². The molecule has 1 heterocycles. The van der Waals surface area contributed by atoms with Gasteiger partial charge in [0.1, 0.15) is 5.75 Å². The summed E-state index contributed by atoms with van der Waals surface area (Å²) in [6.07, 6.45) is 3.05. The molecule has 1 aromatic heterocycles. The Hall–Kier alpha value is -0.760. The van der Waals surface area contributed by atoms with Crippen molar-refractivity contribution in [2.24, 2.45) is 0 Å². The Morgan fingerprint density at radius 2 is 2.44 bits per heavy atom. The van der Waals surface area contributed by atoms with Crippen molar-refractivity contribution in [2.75, 3.05) is 7.11 Å². The smallest absolute Gasteiger partial charge is 0.146 e. The summed E-state index contributed by atoms with van der Waals surface area (Å²) in [5.41, 5.74) is 0. The number of rotatable bonds is 1. The van der Waals surface area contributed by atoms with Gasteiger partial charge in [0, 0.05) is 6.20 Å². The van der Waals surface area contributed by atoms with Gasteiger partial charge in [-0.2, -0.15) is 0 Å². The van der Waals surface area contributed by atoms with Crippen LogP contribution in [0, 0.1) is 6.07 Å². The molecule has 0 spiro atoms. The van der Waals surface area contributed by atoms with Gasteiger partial charge >= 0.3 is 0 Å². The molecule has 0 aliphatic rings. The second-order valence-electron chi connectivity index (χ2n) is 1.45. The molecule has 0 aliphatic carbocycles. The number of aromatic nitrogens is 1. The Bertz CT molecular complexity index is 202. The summed E-state index contributed by atoms with van der Waals surface area (Å²) in [6, 6.07) is 2.74. The van der Waals surface area contributed by atoms with E-state index in [1.54, 1.807) is 13.3 Å². The average Bonchev–Trinajstić information content (AvgIpc) is 1.88. The third kappa shape index (κ3) is 1.57. The average molecular weight is 143 g/mol. The molecule has 0 aliphatic heterocycles. The van der Waals surface area contributed by atoms with Gasteiger partial charge in [0.25, 0.3) is 0 Å². The predicted octanol–water partition coefficient (Wildman–Crippen LogP) is 1.54. The Kier molecular flexibility index (Phi) is 1.90. The Balaban J connectivity index is 2.94. The monoisotopic (exact) mass is 142 g/mol. The van der Waals surface area contributed by atoms with Crippen molar-refractivity contribution in [1.29, 1.82) is 0 Å². The first-order valence-electron chi connectivity index (χ1n) is 2.40. The van der Waals surface area contributed by atoms with Crippen molar-refractivity contribution in [2.45, 2.75) is 0 Å². The Morgan fingerprint density at radius 1 is 1.67 bits per heavy atom. The molecule has 0 unspecified atom stereocenters. The fraction of sp³-hybridized carbons (Fsp3) is 0.167. The normalized spacial score (nSPS) is 9.11. The zero-order valence-electron chi connectivity index (χ0n) is 4.89. The van der Waals surface area contributed by atoms with Gasteiger partial charge in [-0.25, -0.2) is 0 Å². The highest BCUT2D eigenvalue weighted by Crippen LogP contribution is 2.12. The molecule has 2 nitrogen and oxygen atoms in total. The highest BCUT2D eigenvalue weighted by Gasteiger charge is 1.91. The third-order valence-electron chi connectivity index (χ3n) is 0.842. The molecule has 47 valence electrons. The maximum Gasteiger partial charge on any atom is 0.146 e. The minimum Gasteiger partial charge on any atom is -0.494 e. The summed E-state index contributed by atoms with van der Waals surface area (Å²) in [6.45, 7) is 0. The quantitative estimate of drug-likeness (QED) is 0.594. The molecule has 0 atom stereocenters. The molecule has 0 N–H and O–H groups in total. The maximum absolute atomic E-state index is 5.53. The van der Waals surface area contributed by atoms with Crippen LogP contribution in [0.3, 0.4) is 0 Å². The summed E-state index contributed by atoms with van der Waals surface area (Å²) in [4.78, 5) is 3.77. The van der Waals surface area contributed by atoms with Crippen molar-refractivity contribution >= 4 is 11.6 Å². The molecule has 1 radical (unpaired) electrons. The highest BCUT2D eigenvalue weighted by molar-refractivity contribution is 6.30. The first-order chi connectivity index (χ1) is 4.33. The standard InChI is InChI=1S/C6H5ClNO/c1-9-6-2-5(7)3-8-4-6/h3-4H,1H3. The van der Waals surface area contributed by atoms with E-state index >= 15 is 0 Å². The largest absolute Gasteiger partial charge is 0.494 e. The minimum absolute atomic E-state index is 0.467. The van der Waals surface area contributed by atoms with E-state index in [4.69, 9.17) is 16.3 Å². The molecular weight excluding hydrogens is 138 g/mol. The molecule has 0 aromatic carbocycles. The number of ether oxygens (including phenoxy) is 1. The van der Waals surface area contributed by atoms with E-state index in [1.807, 2.05) is 0 Å². The van der Waals surface area contributed by atoms with Gasteiger partial charge in [-0.3, -0.25) is 4.98 Å². The summed E-state index contributed by atoms with van der Waals surface area (Å²) >= 11 is 5.53. The number of nitrogens with zero attached hydrogens (tertiary/aromatic N) is 1. The van der Waals surface area contributed by atoms with Crippen molar-refractivity contribution in [3.8, 4) is 5.75 Å². The van der Waals surface area contributed by atoms with E-state index in [2.05, 4.69) is 11.1 Å². The van der Waals surface area contributed by atoms with Crippen LogP contribution >= 0.6 is 11.6 Å². The van der Waals surface area contributed by atoms with Gasteiger partial charge in [0.2, 0.25) is 0 Å². The number of hydrogen-bond donors (Lipinski definition) is 0. The van der Waals surface area contributed by atoms with Gasteiger partial charge in [0.15, 0.2) is 0 Å². The second-order valence-corrected chi connectivity index (χ2v) is 1.86. The minimum atomic E-state index is 0.467. The van der Waals surface area contributed by atoms with Crippen molar-refractivity contribution in [3.63, 3.8) is 0 Å². The van der Waals surface area contributed by atoms with Crippen LogP contribution in [-0.2, 0) is 0 Å². The van der Waals surface area contributed by atoms with Gasteiger partial charge in [-0.05, 0) is 0 Å². The number of hydrogen-bond acceptors (Lipinski definition) is 2. The summed E-state index contributed by atoms with van der Waals surface area (Å²) in [5.74, 6) is 0.558. The molecule has 0 fully saturated rings. The van der Waals surface area contributed by atoms with Crippen molar-refractivity contribution < 1.29 is 4.74 Å². The van der Waals surface area contributed by atoms with Crippen LogP contribution in [0.4, 0.5) is 0 Å². The van der Waals surface area contributed by atoms with Crippen LogP contribution in [0.2, 0.25) is 5.02 Å². The number of halogens is 1. The summed E-state index contributed by atoms with van der Waals surface area (Å²) in [5, 5.41) is 0.467. The van der Waals surface area contributed by atoms with E-state index in [0.717, 1.165) is 0 Å². The topological polar surface area (TPSA) is 22.1 Å². The second kappa shape index (κ2) is 2.69. The lowest BCUT2D eigenvalue weighted by atomic mass is 10.5. The molecule has 0 amide bonds. The summed E-state index contributed by atoms with van der Waals surface area (Å²) < 4.78 is 4.79. The van der Waals surface area contributed by atoms with Crippen LogP contribution < -0.4 is 4.74 Å². The van der Waals surface area contributed by atoms with Crippen molar-refractivity contribution in [3.05, 3.63) is 23.5 Å². The molecule has 9 heavy (non-hydrogen) atoms. The SMILES string of the molecule is COc1[c]c(Cl)cnc1. The maximum atomic E-state index is 5.53. The van der Waals surface area contributed by atoms with Gasteiger partial charge in [-0.1, -0.05) is 11.6 Å². The molecule has 3 heteroatoms. The number of methoxy groups -OCH3 is 1. The van der Waals surface area contributed by atoms with Crippen LogP contribution in [0.25, 0.3) is 0 Å².